The Hall–Kier alpha value is -1.98. The van der Waals surface area contributed by atoms with Crippen molar-refractivity contribution < 1.29 is 0 Å². The van der Waals surface area contributed by atoms with Crippen molar-refractivity contribution in [2.75, 3.05) is 0 Å². The van der Waals surface area contributed by atoms with Crippen LogP contribution < -0.4 is 5.73 Å². The molecule has 0 saturated carbocycles. The summed E-state index contributed by atoms with van der Waals surface area (Å²) >= 11 is 1.61. The number of hydrogen-bond acceptors (Lipinski definition) is 4. The molecular weight excluding hydrogens is 280 g/mol. The van der Waals surface area contributed by atoms with E-state index in [0.717, 1.165) is 22.0 Å². The van der Waals surface area contributed by atoms with Crippen LogP contribution in [-0.4, -0.2) is 14.8 Å². The lowest BCUT2D eigenvalue weighted by Gasteiger charge is -2.11. The van der Waals surface area contributed by atoms with Crippen LogP contribution in [0.2, 0.25) is 0 Å². The summed E-state index contributed by atoms with van der Waals surface area (Å²) in [7, 11) is 0. The van der Waals surface area contributed by atoms with Crippen molar-refractivity contribution in [2.24, 2.45) is 11.7 Å². The van der Waals surface area contributed by atoms with E-state index in [9.17, 15) is 0 Å². The first-order valence-electron chi connectivity index (χ1n) is 6.96. The summed E-state index contributed by atoms with van der Waals surface area (Å²) in [5.41, 5.74) is 9.14. The van der Waals surface area contributed by atoms with Crippen molar-refractivity contribution in [3.63, 3.8) is 0 Å². The monoisotopic (exact) mass is 298 g/mol. The first-order chi connectivity index (χ1) is 10.1. The zero-order valence-electron chi connectivity index (χ0n) is 12.1. The van der Waals surface area contributed by atoms with Gasteiger partial charge >= 0.3 is 0 Å². The van der Waals surface area contributed by atoms with Gasteiger partial charge in [0.25, 0.3) is 0 Å². The number of para-hydroxylation sites is 1. The average Bonchev–Trinajstić information content (AvgIpc) is 3.16. The molecule has 0 aliphatic rings. The van der Waals surface area contributed by atoms with E-state index in [2.05, 4.69) is 23.9 Å². The Morgan fingerprint density at radius 2 is 1.95 bits per heavy atom. The highest BCUT2D eigenvalue weighted by Crippen LogP contribution is 2.27. The Labute approximate surface area is 128 Å². The highest BCUT2D eigenvalue weighted by molar-refractivity contribution is 7.10. The van der Waals surface area contributed by atoms with Gasteiger partial charge in [-0.3, -0.25) is 0 Å². The lowest BCUT2D eigenvalue weighted by Crippen LogP contribution is -2.16. The second-order valence-electron chi connectivity index (χ2n) is 5.35. The number of nitrogens with zero attached hydrogens (tertiary/aromatic N) is 3. The minimum atomic E-state index is -0.00656. The lowest BCUT2D eigenvalue weighted by atomic mass is 10.1. The van der Waals surface area contributed by atoms with Gasteiger partial charge in [-0.2, -0.15) is 5.10 Å². The van der Waals surface area contributed by atoms with Gasteiger partial charge in [0.15, 0.2) is 0 Å². The van der Waals surface area contributed by atoms with Gasteiger partial charge in [0, 0.05) is 17.1 Å². The Morgan fingerprint density at radius 3 is 2.67 bits per heavy atom. The van der Waals surface area contributed by atoms with E-state index in [4.69, 9.17) is 5.73 Å². The third-order valence-corrected chi connectivity index (χ3v) is 4.37. The van der Waals surface area contributed by atoms with Crippen LogP contribution in [0.15, 0.2) is 48.1 Å². The van der Waals surface area contributed by atoms with E-state index in [-0.39, 0.29) is 6.04 Å². The maximum atomic E-state index is 6.15. The molecule has 0 aliphatic heterocycles. The molecule has 2 N–H and O–H groups in total. The van der Waals surface area contributed by atoms with Crippen LogP contribution in [0, 0.1) is 5.92 Å². The van der Waals surface area contributed by atoms with Gasteiger partial charge in [-0.15, -0.1) is 11.3 Å². The molecule has 0 bridgehead atoms. The molecule has 108 valence electrons. The normalized spacial score (nSPS) is 12.8. The van der Waals surface area contributed by atoms with Gasteiger partial charge in [-0.25, -0.2) is 9.67 Å². The summed E-state index contributed by atoms with van der Waals surface area (Å²) in [4.78, 5) is 4.65. The quantitative estimate of drug-likeness (QED) is 0.800. The van der Waals surface area contributed by atoms with Crippen molar-refractivity contribution >= 4 is 11.3 Å². The minimum absolute atomic E-state index is 0.00656. The Bertz CT molecular complexity index is 715. The van der Waals surface area contributed by atoms with Crippen molar-refractivity contribution in [1.29, 1.82) is 0 Å². The molecule has 1 atom stereocenters. The molecule has 2 aromatic heterocycles. The third-order valence-electron chi connectivity index (χ3n) is 3.42. The number of hydrogen-bond donors (Lipinski definition) is 1. The predicted octanol–water partition coefficient (Wildman–Crippen LogP) is 3.65. The highest BCUT2D eigenvalue weighted by Gasteiger charge is 2.15. The summed E-state index contributed by atoms with van der Waals surface area (Å²) in [6, 6.07) is 10.0. The number of thiazole rings is 1. The Morgan fingerprint density at radius 1 is 1.19 bits per heavy atom. The standard InChI is InChI=1S/C16H18N4S/c1-11(2)15(17)16-19-14(10-21-16)12-8-18-20(9-12)13-6-4-3-5-7-13/h3-11,15H,17H2,1-2H3. The number of nitrogens with two attached hydrogens (primary N) is 1. The van der Waals surface area contributed by atoms with E-state index in [1.54, 1.807) is 11.3 Å². The first kappa shape index (κ1) is 14.0. The van der Waals surface area contributed by atoms with E-state index in [0.29, 0.717) is 5.92 Å². The summed E-state index contributed by atoms with van der Waals surface area (Å²) < 4.78 is 1.86. The molecule has 0 saturated heterocycles. The zero-order chi connectivity index (χ0) is 14.8. The van der Waals surface area contributed by atoms with Gasteiger partial charge in [0.2, 0.25) is 0 Å². The van der Waals surface area contributed by atoms with Crippen LogP contribution >= 0.6 is 11.3 Å². The molecule has 3 rings (SSSR count). The number of benzene rings is 1. The SMILES string of the molecule is CC(C)C(N)c1nc(-c2cnn(-c3ccccc3)c2)cs1. The molecule has 0 spiro atoms. The minimum Gasteiger partial charge on any atom is -0.322 e. The van der Waals surface area contributed by atoms with Crippen LogP contribution in [0.3, 0.4) is 0 Å². The molecule has 0 aliphatic carbocycles. The van der Waals surface area contributed by atoms with Crippen LogP contribution in [0.1, 0.15) is 24.9 Å². The fraction of sp³-hybridized carbons (Fsp3) is 0.250. The fourth-order valence-electron chi connectivity index (χ4n) is 2.04. The van der Waals surface area contributed by atoms with Crippen molar-refractivity contribution in [3.8, 4) is 16.9 Å². The highest BCUT2D eigenvalue weighted by atomic mass is 32.1. The molecular formula is C16H18N4S. The zero-order valence-corrected chi connectivity index (χ0v) is 12.9. The Kier molecular flexibility index (Phi) is 3.86. The molecule has 0 radical (unpaired) electrons. The topological polar surface area (TPSA) is 56.7 Å². The summed E-state index contributed by atoms with van der Waals surface area (Å²) in [6.07, 6.45) is 3.84. The third kappa shape index (κ3) is 2.89. The van der Waals surface area contributed by atoms with E-state index >= 15 is 0 Å². The maximum Gasteiger partial charge on any atom is 0.110 e. The molecule has 0 fully saturated rings. The Balaban J connectivity index is 1.87. The predicted molar refractivity (Wildman–Crippen MR) is 86.4 cm³/mol. The largest absolute Gasteiger partial charge is 0.322 e. The van der Waals surface area contributed by atoms with Crippen molar-refractivity contribution in [1.82, 2.24) is 14.8 Å². The van der Waals surface area contributed by atoms with E-state index in [1.165, 1.54) is 0 Å². The summed E-state index contributed by atoms with van der Waals surface area (Å²) in [5.74, 6) is 0.385. The summed E-state index contributed by atoms with van der Waals surface area (Å²) in [6.45, 7) is 4.22. The van der Waals surface area contributed by atoms with Gasteiger partial charge in [-0.1, -0.05) is 32.0 Å². The number of aromatic nitrogens is 3. The second kappa shape index (κ2) is 5.79. The average molecular weight is 298 g/mol. The van der Waals surface area contributed by atoms with Crippen LogP contribution in [0.4, 0.5) is 0 Å². The summed E-state index contributed by atoms with van der Waals surface area (Å²) in [5, 5.41) is 7.43. The van der Waals surface area contributed by atoms with Gasteiger partial charge in [-0.05, 0) is 18.1 Å². The maximum absolute atomic E-state index is 6.15. The van der Waals surface area contributed by atoms with Crippen molar-refractivity contribution in [2.45, 2.75) is 19.9 Å². The van der Waals surface area contributed by atoms with Crippen LogP contribution in [0.5, 0.6) is 0 Å². The molecule has 1 aromatic carbocycles. The molecule has 0 amide bonds. The van der Waals surface area contributed by atoms with Crippen molar-refractivity contribution in [3.05, 3.63) is 53.1 Å². The molecule has 2 heterocycles. The van der Waals surface area contributed by atoms with E-state index in [1.807, 2.05) is 52.8 Å². The van der Waals surface area contributed by atoms with Gasteiger partial charge in [0.1, 0.15) is 5.01 Å². The smallest absolute Gasteiger partial charge is 0.110 e. The fourth-order valence-corrected chi connectivity index (χ4v) is 3.04. The molecule has 1 unspecified atom stereocenters. The molecule has 3 aromatic rings. The van der Waals surface area contributed by atoms with Gasteiger partial charge < -0.3 is 5.73 Å². The lowest BCUT2D eigenvalue weighted by molar-refractivity contribution is 0.512. The second-order valence-corrected chi connectivity index (χ2v) is 6.24. The molecule has 5 heteroatoms. The number of rotatable bonds is 4. The molecule has 21 heavy (non-hydrogen) atoms. The first-order valence-corrected chi connectivity index (χ1v) is 7.84. The van der Waals surface area contributed by atoms with Gasteiger partial charge in [0.05, 0.1) is 23.6 Å². The van der Waals surface area contributed by atoms with Crippen LogP contribution in [0.25, 0.3) is 16.9 Å². The van der Waals surface area contributed by atoms with E-state index < -0.39 is 0 Å². The van der Waals surface area contributed by atoms with Crippen LogP contribution in [-0.2, 0) is 0 Å². The molecule has 4 nitrogen and oxygen atoms in total.